The van der Waals surface area contributed by atoms with Crippen molar-refractivity contribution in [3.05, 3.63) is 59.4 Å². The summed E-state index contributed by atoms with van der Waals surface area (Å²) in [5, 5.41) is 8.76. The summed E-state index contributed by atoms with van der Waals surface area (Å²) in [7, 11) is -1.09. The third kappa shape index (κ3) is 3.02. The molecule has 0 aliphatic rings. The van der Waals surface area contributed by atoms with Gasteiger partial charge in [0.1, 0.15) is 11.8 Å². The second-order valence-corrected chi connectivity index (χ2v) is 5.42. The number of nitrogens with zero attached hydrogens (tertiary/aromatic N) is 2. The number of rotatable bonds is 3. The van der Waals surface area contributed by atoms with Crippen molar-refractivity contribution in [2.45, 2.75) is 17.6 Å². The van der Waals surface area contributed by atoms with Crippen molar-refractivity contribution >= 4 is 10.8 Å². The first-order valence-corrected chi connectivity index (χ1v) is 6.81. The predicted molar refractivity (Wildman–Crippen MR) is 70.2 cm³/mol. The van der Waals surface area contributed by atoms with Gasteiger partial charge in [0.05, 0.1) is 16.6 Å². The molecule has 0 bridgehead atoms. The summed E-state index contributed by atoms with van der Waals surface area (Å²) >= 11 is 0. The topological polar surface area (TPSA) is 53.8 Å². The lowest BCUT2D eigenvalue weighted by Crippen LogP contribution is -1.97. The molecule has 1 aromatic carbocycles. The van der Waals surface area contributed by atoms with Gasteiger partial charge >= 0.3 is 0 Å². The Kier molecular flexibility index (Phi) is 3.85. The molecule has 18 heavy (non-hydrogen) atoms. The highest BCUT2D eigenvalue weighted by atomic mass is 32.2. The summed E-state index contributed by atoms with van der Waals surface area (Å²) in [6, 6.07) is 13.1. The SMILES string of the molecule is Cc1ccc(S(=O)Cc2ccnc(C#N)c2)cc1. The van der Waals surface area contributed by atoms with Crippen LogP contribution in [-0.2, 0) is 16.6 Å². The molecule has 1 aromatic heterocycles. The van der Waals surface area contributed by atoms with E-state index in [1.807, 2.05) is 37.3 Å². The van der Waals surface area contributed by atoms with Crippen LogP contribution < -0.4 is 0 Å². The van der Waals surface area contributed by atoms with Crippen LogP contribution in [0.1, 0.15) is 16.8 Å². The molecule has 0 saturated heterocycles. The molecule has 1 atom stereocenters. The van der Waals surface area contributed by atoms with Gasteiger partial charge in [-0.1, -0.05) is 17.7 Å². The van der Waals surface area contributed by atoms with Crippen LogP contribution in [-0.4, -0.2) is 9.19 Å². The third-order valence-corrected chi connectivity index (χ3v) is 3.91. The molecule has 0 N–H and O–H groups in total. The Balaban J connectivity index is 2.16. The Hall–Kier alpha value is -1.99. The molecule has 90 valence electrons. The first kappa shape index (κ1) is 12.5. The standard InChI is InChI=1S/C14H12N2OS/c1-11-2-4-14(5-3-11)18(17)10-12-6-7-16-13(8-12)9-15/h2-8H,10H2,1H3. The number of nitriles is 1. The molecular weight excluding hydrogens is 244 g/mol. The number of benzene rings is 1. The molecule has 0 aliphatic heterocycles. The Morgan fingerprint density at radius 3 is 2.67 bits per heavy atom. The highest BCUT2D eigenvalue weighted by molar-refractivity contribution is 7.84. The van der Waals surface area contributed by atoms with Gasteiger partial charge in [0.25, 0.3) is 0 Å². The van der Waals surface area contributed by atoms with Crippen molar-refractivity contribution in [1.29, 1.82) is 5.26 Å². The molecule has 1 unspecified atom stereocenters. The predicted octanol–water partition coefficient (Wildman–Crippen LogP) is 2.57. The van der Waals surface area contributed by atoms with Crippen LogP contribution >= 0.6 is 0 Å². The van der Waals surface area contributed by atoms with E-state index in [0.29, 0.717) is 11.4 Å². The summed E-state index contributed by atoms with van der Waals surface area (Å²) < 4.78 is 12.1. The second-order valence-electron chi connectivity index (χ2n) is 3.96. The van der Waals surface area contributed by atoms with Gasteiger partial charge in [-0.25, -0.2) is 4.98 Å². The molecular formula is C14H12N2OS. The van der Waals surface area contributed by atoms with E-state index in [-0.39, 0.29) is 0 Å². The van der Waals surface area contributed by atoms with E-state index in [1.54, 1.807) is 18.3 Å². The van der Waals surface area contributed by atoms with Crippen LogP contribution in [0.25, 0.3) is 0 Å². The lowest BCUT2D eigenvalue weighted by atomic mass is 10.2. The van der Waals surface area contributed by atoms with Gasteiger partial charge < -0.3 is 0 Å². The van der Waals surface area contributed by atoms with Crippen molar-refractivity contribution in [3.8, 4) is 6.07 Å². The highest BCUT2D eigenvalue weighted by Gasteiger charge is 2.05. The number of pyridine rings is 1. The molecule has 3 nitrogen and oxygen atoms in total. The second kappa shape index (κ2) is 5.56. The van der Waals surface area contributed by atoms with E-state index in [4.69, 9.17) is 5.26 Å². The van der Waals surface area contributed by atoms with Gasteiger partial charge in [-0.2, -0.15) is 5.26 Å². The van der Waals surface area contributed by atoms with E-state index in [9.17, 15) is 4.21 Å². The van der Waals surface area contributed by atoms with Crippen molar-refractivity contribution in [3.63, 3.8) is 0 Å². The summed E-state index contributed by atoms with van der Waals surface area (Å²) in [5.41, 5.74) is 2.36. The molecule has 0 aliphatic carbocycles. The molecule has 1 heterocycles. The van der Waals surface area contributed by atoms with Crippen LogP contribution in [0.15, 0.2) is 47.5 Å². The van der Waals surface area contributed by atoms with Gasteiger partial charge in [-0.15, -0.1) is 0 Å². The maximum Gasteiger partial charge on any atom is 0.140 e. The fourth-order valence-electron chi connectivity index (χ4n) is 1.55. The number of aryl methyl sites for hydroxylation is 1. The molecule has 0 fully saturated rings. The van der Waals surface area contributed by atoms with Gasteiger partial charge in [-0.3, -0.25) is 4.21 Å². The van der Waals surface area contributed by atoms with Crippen molar-refractivity contribution in [1.82, 2.24) is 4.98 Å². The fraction of sp³-hybridized carbons (Fsp3) is 0.143. The van der Waals surface area contributed by atoms with Crippen LogP contribution in [0.5, 0.6) is 0 Å². The first-order valence-electron chi connectivity index (χ1n) is 5.49. The van der Waals surface area contributed by atoms with Gasteiger partial charge in [0, 0.05) is 11.1 Å². The van der Waals surface area contributed by atoms with E-state index in [0.717, 1.165) is 16.0 Å². The van der Waals surface area contributed by atoms with E-state index in [2.05, 4.69) is 4.98 Å². The minimum Gasteiger partial charge on any atom is -0.254 e. The molecule has 0 spiro atoms. The van der Waals surface area contributed by atoms with E-state index < -0.39 is 10.8 Å². The largest absolute Gasteiger partial charge is 0.254 e. The summed E-state index contributed by atoms with van der Waals surface area (Å²) in [5.74, 6) is 0.403. The minimum atomic E-state index is -1.09. The number of hydrogen-bond acceptors (Lipinski definition) is 3. The normalized spacial score (nSPS) is 11.8. The molecule has 2 rings (SSSR count). The quantitative estimate of drug-likeness (QED) is 0.848. The van der Waals surface area contributed by atoms with Crippen LogP contribution in [0, 0.1) is 18.3 Å². The Morgan fingerprint density at radius 1 is 1.28 bits per heavy atom. The summed E-state index contributed by atoms with van der Waals surface area (Å²) in [6.45, 7) is 1.99. The maximum atomic E-state index is 12.1. The monoisotopic (exact) mass is 256 g/mol. The van der Waals surface area contributed by atoms with Gasteiger partial charge in [-0.05, 0) is 36.8 Å². The molecule has 2 aromatic rings. The molecule has 0 amide bonds. The molecule has 4 heteroatoms. The minimum absolute atomic E-state index is 0.355. The Bertz CT molecular complexity index is 614. The van der Waals surface area contributed by atoms with Crippen LogP contribution in [0.3, 0.4) is 0 Å². The van der Waals surface area contributed by atoms with Crippen LogP contribution in [0.4, 0.5) is 0 Å². The Labute approximate surface area is 109 Å². The van der Waals surface area contributed by atoms with Crippen molar-refractivity contribution in [2.75, 3.05) is 0 Å². The third-order valence-electron chi connectivity index (χ3n) is 2.52. The zero-order chi connectivity index (χ0) is 13.0. The summed E-state index contributed by atoms with van der Waals surface area (Å²) in [4.78, 5) is 4.69. The smallest absolute Gasteiger partial charge is 0.140 e. The number of hydrogen-bond donors (Lipinski definition) is 0. The average molecular weight is 256 g/mol. The fourth-order valence-corrected chi connectivity index (χ4v) is 2.64. The van der Waals surface area contributed by atoms with Crippen molar-refractivity contribution in [2.24, 2.45) is 0 Å². The molecule has 0 radical (unpaired) electrons. The van der Waals surface area contributed by atoms with E-state index >= 15 is 0 Å². The highest BCUT2D eigenvalue weighted by Crippen LogP contribution is 2.13. The van der Waals surface area contributed by atoms with Gasteiger partial charge in [0.2, 0.25) is 0 Å². The lowest BCUT2D eigenvalue weighted by Gasteiger charge is -2.03. The van der Waals surface area contributed by atoms with E-state index in [1.165, 1.54) is 0 Å². The Morgan fingerprint density at radius 2 is 2.00 bits per heavy atom. The first-order chi connectivity index (χ1) is 8.69. The number of aromatic nitrogens is 1. The summed E-state index contributed by atoms with van der Waals surface area (Å²) in [6.07, 6.45) is 1.57. The maximum absolute atomic E-state index is 12.1. The zero-order valence-electron chi connectivity index (χ0n) is 9.96. The van der Waals surface area contributed by atoms with Gasteiger partial charge in [0.15, 0.2) is 0 Å². The molecule has 0 saturated carbocycles. The zero-order valence-corrected chi connectivity index (χ0v) is 10.8. The van der Waals surface area contributed by atoms with Crippen LogP contribution in [0.2, 0.25) is 0 Å². The average Bonchev–Trinajstić information content (AvgIpc) is 2.39. The van der Waals surface area contributed by atoms with Crippen molar-refractivity contribution < 1.29 is 4.21 Å². The lowest BCUT2D eigenvalue weighted by molar-refractivity contribution is 0.682.